The average molecular weight is 280 g/mol. The highest BCUT2D eigenvalue weighted by molar-refractivity contribution is 7.89. The first-order chi connectivity index (χ1) is 8.90. The fourth-order valence-electron chi connectivity index (χ4n) is 1.77. The van der Waals surface area contributed by atoms with Crippen molar-refractivity contribution in [1.29, 1.82) is 0 Å². The molecule has 0 amide bonds. The number of nitrogens with one attached hydrogen (secondary N) is 1. The normalized spacial score (nSPS) is 13.6. The third-order valence-electron chi connectivity index (χ3n) is 2.67. The van der Waals surface area contributed by atoms with Gasteiger partial charge in [0.25, 0.3) is 0 Å². The molecule has 0 saturated carbocycles. The first kappa shape index (κ1) is 13.9. The van der Waals surface area contributed by atoms with Crippen LogP contribution in [0.25, 0.3) is 10.9 Å². The Bertz CT molecular complexity index is 696. The monoisotopic (exact) mass is 280 g/mol. The number of hydrogen-bond acceptors (Lipinski definition) is 4. The van der Waals surface area contributed by atoms with Crippen LogP contribution in [0.5, 0.6) is 0 Å². The number of hydrogen-bond donors (Lipinski definition) is 2. The van der Waals surface area contributed by atoms with Gasteiger partial charge in [0, 0.05) is 18.1 Å². The van der Waals surface area contributed by atoms with Crippen molar-refractivity contribution in [3.05, 3.63) is 36.0 Å². The van der Waals surface area contributed by atoms with E-state index < -0.39 is 16.1 Å². The Morgan fingerprint density at radius 1 is 1.42 bits per heavy atom. The van der Waals surface area contributed by atoms with Crippen LogP contribution in [0.1, 0.15) is 12.5 Å². The molecule has 0 aliphatic rings. The molecule has 2 aromatic rings. The summed E-state index contributed by atoms with van der Waals surface area (Å²) in [6.07, 6.45) is 0.899. The van der Waals surface area contributed by atoms with Crippen molar-refractivity contribution in [3.8, 4) is 0 Å². The third kappa shape index (κ3) is 3.09. The highest BCUT2D eigenvalue weighted by atomic mass is 32.2. The molecule has 102 valence electrons. The Morgan fingerprint density at radius 3 is 2.84 bits per heavy atom. The van der Waals surface area contributed by atoms with E-state index in [1.807, 2.05) is 19.1 Å². The van der Waals surface area contributed by atoms with Gasteiger partial charge in [0.05, 0.1) is 11.6 Å². The van der Waals surface area contributed by atoms with Gasteiger partial charge in [-0.05, 0) is 31.5 Å². The highest BCUT2D eigenvalue weighted by Crippen LogP contribution is 2.21. The molecule has 1 heterocycles. The summed E-state index contributed by atoms with van der Waals surface area (Å²) >= 11 is 0. The van der Waals surface area contributed by atoms with Crippen LogP contribution in [0, 0.1) is 6.92 Å². The number of aryl methyl sites for hydroxylation is 1. The van der Waals surface area contributed by atoms with Gasteiger partial charge >= 0.3 is 0 Å². The van der Waals surface area contributed by atoms with Gasteiger partial charge in [-0.2, -0.15) is 0 Å². The first-order valence-electron chi connectivity index (χ1n) is 5.93. The molecule has 5 nitrogen and oxygen atoms in total. The van der Waals surface area contributed by atoms with E-state index in [4.69, 9.17) is 5.11 Å². The molecule has 0 bridgehead atoms. The minimum Gasteiger partial charge on any atom is -0.392 e. The van der Waals surface area contributed by atoms with Crippen LogP contribution < -0.4 is 4.72 Å². The van der Waals surface area contributed by atoms with E-state index in [9.17, 15) is 8.42 Å². The fraction of sp³-hybridized carbons (Fsp3) is 0.308. The summed E-state index contributed by atoms with van der Waals surface area (Å²) in [7, 11) is -3.67. The molecule has 1 aromatic carbocycles. The Morgan fingerprint density at radius 2 is 2.16 bits per heavy atom. The molecule has 6 heteroatoms. The molecular formula is C13H16N2O3S. The predicted octanol–water partition coefficient (Wildman–Crippen LogP) is 1.20. The van der Waals surface area contributed by atoms with Gasteiger partial charge in [-0.15, -0.1) is 0 Å². The van der Waals surface area contributed by atoms with Crippen molar-refractivity contribution in [2.24, 2.45) is 0 Å². The van der Waals surface area contributed by atoms with E-state index in [1.54, 1.807) is 12.3 Å². The van der Waals surface area contributed by atoms with E-state index in [0.29, 0.717) is 5.52 Å². The molecule has 2 rings (SSSR count). The molecule has 19 heavy (non-hydrogen) atoms. The van der Waals surface area contributed by atoms with Gasteiger partial charge in [-0.25, -0.2) is 13.1 Å². The molecule has 1 aromatic heterocycles. The second-order valence-corrected chi connectivity index (χ2v) is 6.28. The number of aliphatic hydroxyl groups is 1. The molecule has 0 spiro atoms. The number of para-hydroxylation sites is 1. The van der Waals surface area contributed by atoms with Crippen LogP contribution in [0.3, 0.4) is 0 Å². The summed E-state index contributed by atoms with van der Waals surface area (Å²) in [5.74, 6) is 0. The number of benzene rings is 1. The van der Waals surface area contributed by atoms with Crippen LogP contribution >= 0.6 is 0 Å². The second kappa shape index (κ2) is 5.24. The highest BCUT2D eigenvalue weighted by Gasteiger charge is 2.18. The molecule has 0 saturated heterocycles. The lowest BCUT2D eigenvalue weighted by Crippen LogP contribution is -2.30. The summed E-state index contributed by atoms with van der Waals surface area (Å²) in [6.45, 7) is 3.40. The average Bonchev–Trinajstić information content (AvgIpc) is 2.35. The standard InChI is InChI=1S/C13H16N2O3S/c1-9-6-11-4-3-5-12(13(11)14-7-9)19(17,18)15-8-10(2)16/h3-7,10,15-16H,8H2,1-2H3/t10-/m1/s1. The second-order valence-electron chi connectivity index (χ2n) is 4.54. The number of nitrogens with zero attached hydrogens (tertiary/aromatic N) is 1. The number of rotatable bonds is 4. The fourth-order valence-corrected chi connectivity index (χ4v) is 3.07. The lowest BCUT2D eigenvalue weighted by Gasteiger charge is -2.10. The van der Waals surface area contributed by atoms with Crippen molar-refractivity contribution in [1.82, 2.24) is 9.71 Å². The van der Waals surface area contributed by atoms with Gasteiger partial charge in [0.15, 0.2) is 0 Å². The minimum absolute atomic E-state index is 0.0232. The SMILES string of the molecule is Cc1cnc2c(S(=O)(=O)NC[C@@H](C)O)cccc2c1. The van der Waals surface area contributed by atoms with Gasteiger partial charge < -0.3 is 5.11 Å². The number of pyridine rings is 1. The Labute approximate surface area is 112 Å². The number of aromatic nitrogens is 1. The summed E-state index contributed by atoms with van der Waals surface area (Å²) in [6, 6.07) is 6.90. The molecule has 0 fully saturated rings. The summed E-state index contributed by atoms with van der Waals surface area (Å²) < 4.78 is 26.7. The smallest absolute Gasteiger partial charge is 0.242 e. The zero-order chi connectivity index (χ0) is 14.0. The molecule has 0 aliphatic carbocycles. The topological polar surface area (TPSA) is 79.3 Å². The van der Waals surface area contributed by atoms with Gasteiger partial charge in [0.1, 0.15) is 4.90 Å². The lowest BCUT2D eigenvalue weighted by atomic mass is 10.2. The molecule has 0 aliphatic heterocycles. The number of fused-ring (bicyclic) bond motifs is 1. The summed E-state index contributed by atoms with van der Waals surface area (Å²) in [4.78, 5) is 4.32. The van der Waals surface area contributed by atoms with Crippen LogP contribution in [0.2, 0.25) is 0 Å². The van der Waals surface area contributed by atoms with E-state index >= 15 is 0 Å². The van der Waals surface area contributed by atoms with Gasteiger partial charge in [0.2, 0.25) is 10.0 Å². The molecule has 1 atom stereocenters. The molecule has 0 unspecified atom stereocenters. The van der Waals surface area contributed by atoms with Crippen LogP contribution in [-0.2, 0) is 10.0 Å². The largest absolute Gasteiger partial charge is 0.392 e. The molecule has 0 radical (unpaired) electrons. The van der Waals surface area contributed by atoms with Gasteiger partial charge in [-0.3, -0.25) is 4.98 Å². The first-order valence-corrected chi connectivity index (χ1v) is 7.41. The maximum Gasteiger partial charge on any atom is 0.242 e. The minimum atomic E-state index is -3.67. The maximum atomic E-state index is 12.2. The predicted molar refractivity (Wildman–Crippen MR) is 73.3 cm³/mol. The zero-order valence-electron chi connectivity index (χ0n) is 10.8. The Hall–Kier alpha value is -1.50. The van der Waals surface area contributed by atoms with E-state index in [2.05, 4.69) is 9.71 Å². The maximum absolute atomic E-state index is 12.2. The van der Waals surface area contributed by atoms with Crippen LogP contribution in [0.4, 0.5) is 0 Å². The van der Waals surface area contributed by atoms with Crippen molar-refractivity contribution in [3.63, 3.8) is 0 Å². The molecular weight excluding hydrogens is 264 g/mol. The van der Waals surface area contributed by atoms with E-state index in [1.165, 1.54) is 13.0 Å². The van der Waals surface area contributed by atoms with E-state index in [-0.39, 0.29) is 11.4 Å². The number of aliphatic hydroxyl groups excluding tert-OH is 1. The van der Waals surface area contributed by atoms with Crippen LogP contribution in [0.15, 0.2) is 35.4 Å². The van der Waals surface area contributed by atoms with Crippen molar-refractivity contribution < 1.29 is 13.5 Å². The lowest BCUT2D eigenvalue weighted by molar-refractivity contribution is 0.198. The zero-order valence-corrected chi connectivity index (χ0v) is 11.6. The van der Waals surface area contributed by atoms with Crippen molar-refractivity contribution in [2.75, 3.05) is 6.54 Å². The summed E-state index contributed by atoms with van der Waals surface area (Å²) in [5, 5.41) is 9.95. The van der Waals surface area contributed by atoms with Crippen molar-refractivity contribution >= 4 is 20.9 Å². The number of sulfonamides is 1. The van der Waals surface area contributed by atoms with Crippen molar-refractivity contribution in [2.45, 2.75) is 24.8 Å². The Kier molecular flexibility index (Phi) is 3.84. The van der Waals surface area contributed by atoms with Crippen LogP contribution in [-0.4, -0.2) is 31.2 Å². The molecule has 2 N–H and O–H groups in total. The summed E-state index contributed by atoms with van der Waals surface area (Å²) in [5.41, 5.74) is 1.41. The van der Waals surface area contributed by atoms with E-state index in [0.717, 1.165) is 10.9 Å². The third-order valence-corrected chi connectivity index (χ3v) is 4.12. The quantitative estimate of drug-likeness (QED) is 0.882. The van der Waals surface area contributed by atoms with Gasteiger partial charge in [-0.1, -0.05) is 12.1 Å². The Balaban J connectivity index is 2.50.